The summed E-state index contributed by atoms with van der Waals surface area (Å²) in [5.41, 5.74) is 21.0. The molecule has 64 heavy (non-hydrogen) atoms. The van der Waals surface area contributed by atoms with Crippen LogP contribution in [0.25, 0.3) is 82.8 Å². The summed E-state index contributed by atoms with van der Waals surface area (Å²) in [4.78, 5) is 2.42. The summed E-state index contributed by atoms with van der Waals surface area (Å²) in [5, 5.41) is 4.71. The van der Waals surface area contributed by atoms with Crippen LogP contribution in [-0.4, -0.2) is 4.57 Å². The summed E-state index contributed by atoms with van der Waals surface area (Å²) < 4.78 is 8.74. The van der Waals surface area contributed by atoms with Crippen molar-refractivity contribution >= 4 is 60.8 Å². The first-order valence-corrected chi connectivity index (χ1v) is 22.1. The van der Waals surface area contributed by atoms with Gasteiger partial charge >= 0.3 is 0 Å². The maximum Gasteiger partial charge on any atom is 0.135 e. The molecule has 1 spiro atoms. The molecule has 298 valence electrons. The van der Waals surface area contributed by atoms with Crippen LogP contribution >= 0.6 is 0 Å². The van der Waals surface area contributed by atoms with Crippen LogP contribution in [0, 0.1) is 0 Å². The van der Waals surface area contributed by atoms with Crippen LogP contribution in [0.4, 0.5) is 17.1 Å². The van der Waals surface area contributed by atoms with Gasteiger partial charge in [0.2, 0.25) is 0 Å². The fraction of sp³-hybridized carbons (Fsp3) is 0.0164. The van der Waals surface area contributed by atoms with Gasteiger partial charge in [-0.1, -0.05) is 158 Å². The Balaban J connectivity index is 0.963. The topological polar surface area (TPSA) is 21.3 Å². The summed E-state index contributed by atoms with van der Waals surface area (Å²) in [6.45, 7) is 0. The lowest BCUT2D eigenvalue weighted by Crippen LogP contribution is -2.26. The molecule has 2 heterocycles. The van der Waals surface area contributed by atoms with Crippen molar-refractivity contribution in [3.05, 3.63) is 253 Å². The van der Waals surface area contributed by atoms with Gasteiger partial charge in [0.25, 0.3) is 0 Å². The zero-order valence-electron chi connectivity index (χ0n) is 34.7. The Morgan fingerprint density at radius 1 is 0.328 bits per heavy atom. The van der Waals surface area contributed by atoms with E-state index in [9.17, 15) is 0 Å². The largest absolute Gasteiger partial charge is 0.456 e. The third-order valence-electron chi connectivity index (χ3n) is 14.0. The van der Waals surface area contributed by atoms with E-state index in [1.165, 1.54) is 71.9 Å². The van der Waals surface area contributed by atoms with E-state index in [2.05, 4.69) is 234 Å². The summed E-state index contributed by atoms with van der Waals surface area (Å²) >= 11 is 0. The molecule has 0 saturated carbocycles. The van der Waals surface area contributed by atoms with Crippen molar-refractivity contribution < 1.29 is 4.42 Å². The van der Waals surface area contributed by atoms with E-state index in [0.717, 1.165) is 50.3 Å². The molecule has 0 saturated heterocycles. The first-order valence-electron chi connectivity index (χ1n) is 22.1. The summed E-state index contributed by atoms with van der Waals surface area (Å²) in [5.74, 6) is 0. The van der Waals surface area contributed by atoms with Crippen LogP contribution in [0.3, 0.4) is 0 Å². The van der Waals surface area contributed by atoms with Gasteiger partial charge in [0.15, 0.2) is 0 Å². The van der Waals surface area contributed by atoms with Crippen molar-refractivity contribution in [1.82, 2.24) is 4.57 Å². The van der Waals surface area contributed by atoms with E-state index in [1.54, 1.807) is 0 Å². The molecular weight excluding hydrogens is 777 g/mol. The molecule has 0 radical (unpaired) electrons. The Hall–Kier alpha value is -8.40. The van der Waals surface area contributed by atoms with E-state index in [4.69, 9.17) is 4.42 Å². The zero-order chi connectivity index (χ0) is 41.9. The highest BCUT2D eigenvalue weighted by Gasteiger charge is 2.51. The molecule has 2 aromatic heterocycles. The molecule has 14 rings (SSSR count). The van der Waals surface area contributed by atoms with Crippen molar-refractivity contribution in [3.63, 3.8) is 0 Å². The van der Waals surface area contributed by atoms with Crippen LogP contribution in [0.5, 0.6) is 0 Å². The zero-order valence-corrected chi connectivity index (χ0v) is 34.7. The number of hydrogen-bond acceptors (Lipinski definition) is 2. The molecule has 0 N–H and O–H groups in total. The van der Waals surface area contributed by atoms with Gasteiger partial charge in [-0.15, -0.1) is 0 Å². The summed E-state index contributed by atoms with van der Waals surface area (Å²) in [6.07, 6.45) is 0. The Labute approximate surface area is 370 Å². The van der Waals surface area contributed by atoms with Crippen LogP contribution in [0.15, 0.2) is 235 Å². The lowest BCUT2D eigenvalue weighted by molar-refractivity contribution is 0.669. The fourth-order valence-corrected chi connectivity index (χ4v) is 11.3. The van der Waals surface area contributed by atoms with Gasteiger partial charge in [-0.05, 0) is 128 Å². The fourth-order valence-electron chi connectivity index (χ4n) is 11.3. The molecule has 2 aliphatic carbocycles. The highest BCUT2D eigenvalue weighted by atomic mass is 16.3. The first kappa shape index (κ1) is 35.2. The van der Waals surface area contributed by atoms with Gasteiger partial charge in [0.05, 0.1) is 16.4 Å². The van der Waals surface area contributed by atoms with Crippen molar-refractivity contribution in [1.29, 1.82) is 0 Å². The first-order chi connectivity index (χ1) is 31.7. The number of rotatable bonds is 5. The Morgan fingerprint density at radius 3 is 1.59 bits per heavy atom. The SMILES string of the molecule is c1ccc(-n2c3ccccc3c3ccc(-c4ccc(N(c5ccc6c(c5)C5(c7ccccc7-c7ccccc75)c5ccccc5-6)c5ccc6oc7ccccc7c6c5)cc4)cc32)cc1. The van der Waals surface area contributed by atoms with E-state index < -0.39 is 5.41 Å². The average molecular weight is 815 g/mol. The number of anilines is 3. The number of aromatic nitrogens is 1. The minimum absolute atomic E-state index is 0.448. The average Bonchev–Trinajstić information content (AvgIpc) is 4.08. The Morgan fingerprint density at radius 2 is 0.859 bits per heavy atom. The van der Waals surface area contributed by atoms with E-state index in [0.29, 0.717) is 0 Å². The van der Waals surface area contributed by atoms with Crippen LogP contribution < -0.4 is 4.90 Å². The molecule has 0 atom stereocenters. The quantitative estimate of drug-likeness (QED) is 0.173. The molecule has 0 amide bonds. The van der Waals surface area contributed by atoms with Gasteiger partial charge in [-0.3, -0.25) is 0 Å². The van der Waals surface area contributed by atoms with Crippen molar-refractivity contribution in [2.45, 2.75) is 5.41 Å². The van der Waals surface area contributed by atoms with Gasteiger partial charge in [-0.2, -0.15) is 0 Å². The van der Waals surface area contributed by atoms with Gasteiger partial charge in [-0.25, -0.2) is 0 Å². The van der Waals surface area contributed by atoms with Crippen LogP contribution in [0.1, 0.15) is 22.3 Å². The second-order valence-corrected chi connectivity index (χ2v) is 17.2. The van der Waals surface area contributed by atoms with E-state index in [-0.39, 0.29) is 0 Å². The molecule has 2 aliphatic rings. The minimum atomic E-state index is -0.448. The highest BCUT2D eigenvalue weighted by Crippen LogP contribution is 2.63. The number of benzene rings is 10. The lowest BCUT2D eigenvalue weighted by atomic mass is 9.70. The molecular formula is C61H38N2O. The normalized spacial score (nSPS) is 13.1. The number of nitrogens with zero attached hydrogens (tertiary/aromatic N) is 2. The van der Waals surface area contributed by atoms with Crippen molar-refractivity contribution in [3.8, 4) is 39.1 Å². The number of para-hydroxylation sites is 3. The molecule has 0 bridgehead atoms. The minimum Gasteiger partial charge on any atom is -0.456 e. The summed E-state index contributed by atoms with van der Waals surface area (Å²) in [6, 6.07) is 84.6. The van der Waals surface area contributed by atoms with E-state index >= 15 is 0 Å². The summed E-state index contributed by atoms with van der Waals surface area (Å²) in [7, 11) is 0. The van der Waals surface area contributed by atoms with Crippen LogP contribution in [0.2, 0.25) is 0 Å². The van der Waals surface area contributed by atoms with Crippen molar-refractivity contribution in [2.75, 3.05) is 4.90 Å². The number of furan rings is 1. The standard InChI is InChI=1S/C61H38N2O/c1-2-14-41(15-3-1)63-57-24-12-7-19-49(57)50-33-28-40(36-58(50)63)39-26-29-42(30-27-39)62(43-32-35-60-52(37-43)51-20-8-13-25-59(51)64-60)44-31-34-48-47-18-6-11-23-55(47)61(56(48)38-44)53-21-9-4-16-45(53)46-17-5-10-22-54(46)61/h1-38H. The smallest absolute Gasteiger partial charge is 0.135 e. The number of hydrogen-bond donors (Lipinski definition) is 0. The predicted molar refractivity (Wildman–Crippen MR) is 264 cm³/mol. The molecule has 0 unspecified atom stereocenters. The molecule has 0 aliphatic heterocycles. The molecule has 10 aromatic carbocycles. The predicted octanol–water partition coefficient (Wildman–Crippen LogP) is 16.2. The second kappa shape index (κ2) is 13.3. The monoisotopic (exact) mass is 814 g/mol. The Kier molecular flexibility index (Phi) is 7.32. The molecule has 0 fully saturated rings. The molecule has 3 heteroatoms. The van der Waals surface area contributed by atoms with Gasteiger partial charge in [0, 0.05) is 44.3 Å². The Bertz CT molecular complexity index is 3790. The lowest BCUT2D eigenvalue weighted by Gasteiger charge is -2.32. The van der Waals surface area contributed by atoms with Crippen LogP contribution in [-0.2, 0) is 5.41 Å². The number of fused-ring (bicyclic) bond motifs is 16. The van der Waals surface area contributed by atoms with E-state index in [1.807, 2.05) is 6.07 Å². The third-order valence-corrected chi connectivity index (χ3v) is 14.0. The maximum atomic E-state index is 6.36. The molecule has 3 nitrogen and oxygen atoms in total. The second-order valence-electron chi connectivity index (χ2n) is 17.2. The van der Waals surface area contributed by atoms with Crippen molar-refractivity contribution in [2.24, 2.45) is 0 Å². The maximum absolute atomic E-state index is 6.36. The third kappa shape index (κ3) is 4.81. The molecule has 12 aromatic rings. The van der Waals surface area contributed by atoms with Gasteiger partial charge < -0.3 is 13.9 Å². The highest BCUT2D eigenvalue weighted by molar-refractivity contribution is 6.10. The van der Waals surface area contributed by atoms with Gasteiger partial charge in [0.1, 0.15) is 11.2 Å².